The zero-order valence-electron chi connectivity index (χ0n) is 14.0. The van der Waals surface area contributed by atoms with Gasteiger partial charge in [0.05, 0.1) is 11.4 Å². The minimum atomic E-state index is -3.77. The largest absolute Gasteiger partial charge is 0.333 e. The number of sulfonamides is 1. The van der Waals surface area contributed by atoms with Crippen molar-refractivity contribution >= 4 is 55.8 Å². The fourth-order valence-corrected chi connectivity index (χ4v) is 4.52. The third kappa shape index (κ3) is 4.20. The van der Waals surface area contributed by atoms with Crippen molar-refractivity contribution in [2.24, 2.45) is 4.40 Å². The van der Waals surface area contributed by atoms with Crippen LogP contribution in [0, 0.1) is 13.8 Å². The van der Waals surface area contributed by atoms with Gasteiger partial charge in [0, 0.05) is 10.7 Å². The van der Waals surface area contributed by atoms with Crippen LogP contribution in [0.15, 0.2) is 45.7 Å². The number of hydrogen-bond donors (Lipinski definition) is 2. The van der Waals surface area contributed by atoms with Crippen LogP contribution >= 0.6 is 23.4 Å². The summed E-state index contributed by atoms with van der Waals surface area (Å²) < 4.78 is 28.2. The lowest BCUT2D eigenvalue weighted by atomic mass is 10.2. The third-order valence-corrected chi connectivity index (χ3v) is 6.38. The zero-order chi connectivity index (χ0) is 18.9. The molecule has 0 spiro atoms. The van der Waals surface area contributed by atoms with E-state index in [0.29, 0.717) is 16.4 Å². The van der Waals surface area contributed by atoms with Crippen molar-refractivity contribution in [2.45, 2.75) is 18.7 Å². The molecule has 2 N–H and O–H groups in total. The molecule has 0 atom stereocenters. The van der Waals surface area contributed by atoms with Gasteiger partial charge >= 0.3 is 0 Å². The first kappa shape index (κ1) is 18.8. The number of fused-ring (bicyclic) bond motifs is 1. The van der Waals surface area contributed by atoms with Crippen molar-refractivity contribution < 1.29 is 13.2 Å². The van der Waals surface area contributed by atoms with E-state index in [1.165, 1.54) is 6.07 Å². The average molecular weight is 410 g/mol. The summed E-state index contributed by atoms with van der Waals surface area (Å²) in [7, 11) is -3.77. The highest BCUT2D eigenvalue weighted by Gasteiger charge is 2.25. The Kier molecular flexibility index (Phi) is 5.27. The number of nitrogens with zero attached hydrogens (tertiary/aromatic N) is 1. The van der Waals surface area contributed by atoms with Crippen LogP contribution in [0.2, 0.25) is 5.02 Å². The van der Waals surface area contributed by atoms with Crippen LogP contribution in [0.25, 0.3) is 0 Å². The molecule has 0 aliphatic carbocycles. The summed E-state index contributed by atoms with van der Waals surface area (Å²) in [5.41, 5.74) is 2.89. The molecule has 2 aromatic rings. The zero-order valence-corrected chi connectivity index (χ0v) is 16.4. The second kappa shape index (κ2) is 7.30. The first-order valence-electron chi connectivity index (χ1n) is 7.66. The smallest absolute Gasteiger partial charge is 0.286 e. The minimum absolute atomic E-state index is 0.00793. The van der Waals surface area contributed by atoms with E-state index in [-0.39, 0.29) is 21.7 Å². The van der Waals surface area contributed by atoms with E-state index in [9.17, 15) is 13.2 Å². The number of rotatable bonds is 3. The Balaban J connectivity index is 1.67. The number of amides is 1. The molecule has 9 heteroatoms. The van der Waals surface area contributed by atoms with Crippen molar-refractivity contribution in [3.8, 4) is 0 Å². The van der Waals surface area contributed by atoms with E-state index in [1.807, 2.05) is 19.9 Å². The Labute approximate surface area is 161 Å². The summed E-state index contributed by atoms with van der Waals surface area (Å²) in [6.07, 6.45) is 0. The average Bonchev–Trinajstić information content (AvgIpc) is 2.55. The number of aryl methyl sites for hydroxylation is 2. The Hall–Kier alpha value is -2.03. The van der Waals surface area contributed by atoms with Crippen LogP contribution in [0.3, 0.4) is 0 Å². The first-order valence-corrected chi connectivity index (χ1v) is 10.5. The molecule has 0 radical (unpaired) electrons. The number of benzene rings is 2. The van der Waals surface area contributed by atoms with Crippen molar-refractivity contribution in [1.29, 1.82) is 0 Å². The lowest BCUT2D eigenvalue weighted by Gasteiger charge is -2.18. The number of hydrogen-bond acceptors (Lipinski definition) is 5. The quantitative estimate of drug-likeness (QED) is 0.805. The summed E-state index contributed by atoms with van der Waals surface area (Å²) in [4.78, 5) is 12.2. The third-order valence-electron chi connectivity index (χ3n) is 3.65. The number of nitrogens with one attached hydrogen (secondary N) is 2. The maximum Gasteiger partial charge on any atom is 0.286 e. The van der Waals surface area contributed by atoms with Gasteiger partial charge in [0.2, 0.25) is 5.91 Å². The van der Waals surface area contributed by atoms with E-state index in [1.54, 1.807) is 24.3 Å². The minimum Gasteiger partial charge on any atom is -0.333 e. The molecule has 2 aromatic carbocycles. The van der Waals surface area contributed by atoms with Crippen LogP contribution in [-0.2, 0) is 14.8 Å². The molecule has 0 saturated carbocycles. The lowest BCUT2D eigenvalue weighted by Crippen LogP contribution is -2.22. The van der Waals surface area contributed by atoms with Gasteiger partial charge in [0.25, 0.3) is 10.0 Å². The summed E-state index contributed by atoms with van der Waals surface area (Å²) in [6.45, 7) is 3.74. The SMILES string of the molecule is Cc1ccc2c(c1)NC(SCC(=O)Nc1ccc(C)c(Cl)c1)=NS2(=O)=O. The maximum absolute atomic E-state index is 12.2. The van der Waals surface area contributed by atoms with Gasteiger partial charge in [0.1, 0.15) is 4.90 Å². The van der Waals surface area contributed by atoms with Gasteiger partial charge in [-0.2, -0.15) is 8.42 Å². The predicted octanol–water partition coefficient (Wildman–Crippen LogP) is 3.80. The molecule has 6 nitrogen and oxygen atoms in total. The second-order valence-electron chi connectivity index (χ2n) is 5.80. The Bertz CT molecular complexity index is 1020. The monoisotopic (exact) mass is 409 g/mol. The van der Waals surface area contributed by atoms with Crippen LogP contribution in [0.4, 0.5) is 11.4 Å². The predicted molar refractivity (Wildman–Crippen MR) is 107 cm³/mol. The summed E-state index contributed by atoms with van der Waals surface area (Å²) in [6, 6.07) is 10.2. The van der Waals surface area contributed by atoms with Crippen molar-refractivity contribution in [1.82, 2.24) is 0 Å². The number of carbonyl (C=O) groups excluding carboxylic acids is 1. The second-order valence-corrected chi connectivity index (χ2v) is 8.74. The molecule has 0 fully saturated rings. The molecule has 0 unspecified atom stereocenters. The molecule has 1 amide bonds. The van der Waals surface area contributed by atoms with E-state index in [2.05, 4.69) is 15.0 Å². The van der Waals surface area contributed by atoms with Crippen LogP contribution < -0.4 is 10.6 Å². The molecule has 1 aliphatic rings. The van der Waals surface area contributed by atoms with Crippen LogP contribution in [0.5, 0.6) is 0 Å². The van der Waals surface area contributed by atoms with Crippen molar-refractivity contribution in [2.75, 3.05) is 16.4 Å². The summed E-state index contributed by atoms with van der Waals surface area (Å²) >= 11 is 7.05. The molecule has 3 rings (SSSR count). The topological polar surface area (TPSA) is 87.6 Å². The standard InChI is InChI=1S/C17H16ClN3O3S2/c1-10-3-6-15-14(7-10)20-17(21-26(15,23)24)25-9-16(22)19-12-5-4-11(2)13(18)8-12/h3-8H,9H2,1-2H3,(H,19,22)(H,20,21). The molecule has 1 heterocycles. The van der Waals surface area contributed by atoms with Crippen molar-refractivity contribution in [3.63, 3.8) is 0 Å². The highest BCUT2D eigenvalue weighted by Crippen LogP contribution is 2.30. The number of anilines is 2. The summed E-state index contributed by atoms with van der Waals surface area (Å²) in [5, 5.41) is 6.41. The van der Waals surface area contributed by atoms with Gasteiger partial charge in [-0.3, -0.25) is 4.79 Å². The van der Waals surface area contributed by atoms with Gasteiger partial charge in [-0.15, -0.1) is 4.40 Å². The van der Waals surface area contributed by atoms with E-state index in [4.69, 9.17) is 11.6 Å². The van der Waals surface area contributed by atoms with E-state index < -0.39 is 10.0 Å². The first-order chi connectivity index (χ1) is 12.2. The van der Waals surface area contributed by atoms with E-state index in [0.717, 1.165) is 22.9 Å². The number of carbonyl (C=O) groups is 1. The molecular formula is C17H16ClN3O3S2. The Morgan fingerprint density at radius 2 is 2.00 bits per heavy atom. The molecule has 26 heavy (non-hydrogen) atoms. The molecule has 0 saturated heterocycles. The van der Waals surface area contributed by atoms with Gasteiger partial charge in [-0.25, -0.2) is 0 Å². The Morgan fingerprint density at radius 3 is 2.73 bits per heavy atom. The fourth-order valence-electron chi connectivity index (χ4n) is 2.33. The van der Waals surface area contributed by atoms with Gasteiger partial charge < -0.3 is 10.6 Å². The van der Waals surface area contributed by atoms with Crippen molar-refractivity contribution in [3.05, 3.63) is 52.5 Å². The van der Waals surface area contributed by atoms with Gasteiger partial charge in [-0.05, 0) is 49.2 Å². The Morgan fingerprint density at radius 1 is 1.23 bits per heavy atom. The van der Waals surface area contributed by atoms with Crippen LogP contribution in [0.1, 0.15) is 11.1 Å². The summed E-state index contributed by atoms with van der Waals surface area (Å²) in [5.74, 6) is -0.277. The maximum atomic E-state index is 12.2. The molecule has 0 bridgehead atoms. The molecule has 136 valence electrons. The fraction of sp³-hybridized carbons (Fsp3) is 0.176. The highest BCUT2D eigenvalue weighted by molar-refractivity contribution is 8.15. The number of amidine groups is 1. The number of thioether (sulfide) groups is 1. The lowest BCUT2D eigenvalue weighted by molar-refractivity contribution is -0.113. The van der Waals surface area contributed by atoms with Gasteiger partial charge in [0.15, 0.2) is 5.17 Å². The van der Waals surface area contributed by atoms with E-state index >= 15 is 0 Å². The normalized spacial score (nSPS) is 14.8. The number of halogens is 1. The molecule has 0 aromatic heterocycles. The molecular weight excluding hydrogens is 394 g/mol. The highest BCUT2D eigenvalue weighted by atomic mass is 35.5. The van der Waals surface area contributed by atoms with Gasteiger partial charge in [-0.1, -0.05) is 35.5 Å². The molecule has 1 aliphatic heterocycles. The van der Waals surface area contributed by atoms with Crippen LogP contribution in [-0.4, -0.2) is 25.2 Å².